The van der Waals surface area contributed by atoms with Crippen LogP contribution >= 0.6 is 11.3 Å². The lowest BCUT2D eigenvalue weighted by molar-refractivity contribution is -0.116. The average molecular weight is 371 g/mol. The number of carbonyl (C=O) groups is 1. The van der Waals surface area contributed by atoms with Gasteiger partial charge in [-0.1, -0.05) is 18.2 Å². The van der Waals surface area contributed by atoms with Crippen molar-refractivity contribution in [2.75, 3.05) is 29.4 Å². The van der Waals surface area contributed by atoms with Gasteiger partial charge in [-0.15, -0.1) is 11.3 Å². The summed E-state index contributed by atoms with van der Waals surface area (Å²) in [6, 6.07) is 11.5. The van der Waals surface area contributed by atoms with Crippen molar-refractivity contribution < 1.29 is 4.79 Å². The summed E-state index contributed by atoms with van der Waals surface area (Å²) in [6.45, 7) is 7.88. The summed E-state index contributed by atoms with van der Waals surface area (Å²) in [4.78, 5) is 23.5. The molecule has 4 rings (SSSR count). The van der Waals surface area contributed by atoms with Crippen molar-refractivity contribution in [3.63, 3.8) is 0 Å². The minimum absolute atomic E-state index is 0.109. The molecule has 2 fully saturated rings. The summed E-state index contributed by atoms with van der Waals surface area (Å²) in [6.07, 6.45) is 2.21. The van der Waals surface area contributed by atoms with E-state index in [4.69, 9.17) is 4.98 Å². The highest BCUT2D eigenvalue weighted by molar-refractivity contribution is 7.14. The molecule has 0 N–H and O–H groups in total. The van der Waals surface area contributed by atoms with E-state index in [-0.39, 0.29) is 5.91 Å². The lowest BCUT2D eigenvalue weighted by atomic mass is 10.1. The highest BCUT2D eigenvalue weighted by Gasteiger charge is 2.34. The Balaban J connectivity index is 1.38. The lowest BCUT2D eigenvalue weighted by Gasteiger charge is -2.40. The number of piperazine rings is 1. The number of thiazole rings is 1. The zero-order valence-electron chi connectivity index (χ0n) is 15.5. The molecular weight excluding hydrogens is 344 g/mol. The Morgan fingerprint density at radius 2 is 2.04 bits per heavy atom. The quantitative estimate of drug-likeness (QED) is 0.809. The molecule has 1 atom stereocenters. The third-order valence-electron chi connectivity index (χ3n) is 5.25. The molecule has 1 aliphatic carbocycles. The second-order valence-corrected chi connectivity index (χ2v) is 8.18. The van der Waals surface area contributed by atoms with Crippen LogP contribution in [0, 0.1) is 0 Å². The Bertz CT molecular complexity index is 758. The van der Waals surface area contributed by atoms with Crippen molar-refractivity contribution in [3.8, 4) is 0 Å². The summed E-state index contributed by atoms with van der Waals surface area (Å²) in [5.74, 6) is 0.109. The maximum absolute atomic E-state index is 11.9. The number of hydrogen-bond donors (Lipinski definition) is 0. The number of anilines is 2. The Labute approximate surface area is 159 Å². The monoisotopic (exact) mass is 370 g/mol. The van der Waals surface area contributed by atoms with E-state index < -0.39 is 0 Å². The van der Waals surface area contributed by atoms with Crippen LogP contribution in [0.2, 0.25) is 0 Å². The van der Waals surface area contributed by atoms with Crippen LogP contribution in [0.25, 0.3) is 0 Å². The molecule has 0 spiro atoms. The van der Waals surface area contributed by atoms with Crippen molar-refractivity contribution in [2.24, 2.45) is 0 Å². The Morgan fingerprint density at radius 1 is 1.27 bits per heavy atom. The van der Waals surface area contributed by atoms with Gasteiger partial charge in [-0.2, -0.15) is 0 Å². The van der Waals surface area contributed by atoms with Gasteiger partial charge in [0.2, 0.25) is 5.91 Å². The Kier molecular flexibility index (Phi) is 4.96. The molecule has 1 aromatic heterocycles. The van der Waals surface area contributed by atoms with E-state index in [1.807, 2.05) is 4.90 Å². The molecule has 2 aliphatic rings. The van der Waals surface area contributed by atoms with Crippen molar-refractivity contribution >= 4 is 28.1 Å². The number of rotatable bonds is 5. The van der Waals surface area contributed by atoms with Crippen molar-refractivity contribution in [2.45, 2.75) is 45.3 Å². The van der Waals surface area contributed by atoms with E-state index in [0.29, 0.717) is 12.1 Å². The maximum atomic E-state index is 11.9. The standard InChI is InChI=1S/C20H26N4OS/c1-15-12-23(18-6-4-3-5-7-18)11-10-22(15)13-17-14-26-20(21-17)24(16(2)25)19-8-9-19/h3-7,14-15,19H,8-13H2,1-2H3/t15-/m1/s1. The van der Waals surface area contributed by atoms with Gasteiger partial charge in [0, 0.05) is 56.3 Å². The normalized spacial score (nSPS) is 21.0. The molecule has 0 unspecified atom stereocenters. The van der Waals surface area contributed by atoms with Crippen LogP contribution in [0.1, 0.15) is 32.4 Å². The number of para-hydroxylation sites is 1. The second-order valence-electron chi connectivity index (χ2n) is 7.34. The van der Waals surface area contributed by atoms with Crippen LogP contribution < -0.4 is 9.80 Å². The molecule has 1 saturated heterocycles. The summed E-state index contributed by atoms with van der Waals surface area (Å²) in [5, 5.41) is 2.98. The largest absolute Gasteiger partial charge is 0.369 e. The molecule has 6 heteroatoms. The molecule has 1 amide bonds. The smallest absolute Gasteiger partial charge is 0.225 e. The van der Waals surface area contributed by atoms with Gasteiger partial charge in [0.25, 0.3) is 0 Å². The van der Waals surface area contributed by atoms with Gasteiger partial charge in [-0.25, -0.2) is 4.98 Å². The van der Waals surface area contributed by atoms with E-state index in [1.54, 1.807) is 18.3 Å². The van der Waals surface area contributed by atoms with Crippen LogP contribution in [-0.4, -0.2) is 47.5 Å². The average Bonchev–Trinajstić information content (AvgIpc) is 3.36. The van der Waals surface area contributed by atoms with Crippen molar-refractivity contribution in [3.05, 3.63) is 41.4 Å². The zero-order chi connectivity index (χ0) is 18.1. The molecule has 0 bridgehead atoms. The molecule has 0 radical (unpaired) electrons. The summed E-state index contributed by atoms with van der Waals surface area (Å²) >= 11 is 1.60. The van der Waals surface area contributed by atoms with Gasteiger partial charge >= 0.3 is 0 Å². The summed E-state index contributed by atoms with van der Waals surface area (Å²) in [5.41, 5.74) is 2.38. The molecule has 26 heavy (non-hydrogen) atoms. The summed E-state index contributed by atoms with van der Waals surface area (Å²) < 4.78 is 0. The van der Waals surface area contributed by atoms with E-state index in [1.165, 1.54) is 5.69 Å². The van der Waals surface area contributed by atoms with Gasteiger partial charge in [0.15, 0.2) is 5.13 Å². The molecule has 1 aromatic carbocycles. The second kappa shape index (κ2) is 7.37. The maximum Gasteiger partial charge on any atom is 0.225 e. The highest BCUT2D eigenvalue weighted by Crippen LogP contribution is 2.34. The molecule has 2 aromatic rings. The molecule has 1 aliphatic heterocycles. The van der Waals surface area contributed by atoms with Gasteiger partial charge in [0.05, 0.1) is 5.69 Å². The minimum atomic E-state index is 0.109. The van der Waals surface area contributed by atoms with Gasteiger partial charge < -0.3 is 4.90 Å². The molecule has 2 heterocycles. The van der Waals surface area contributed by atoms with Crippen LogP contribution in [0.5, 0.6) is 0 Å². The first-order valence-electron chi connectivity index (χ1n) is 9.40. The number of aromatic nitrogens is 1. The van der Waals surface area contributed by atoms with Gasteiger partial charge in [-0.05, 0) is 31.9 Å². The van der Waals surface area contributed by atoms with Gasteiger partial charge in [0.1, 0.15) is 0 Å². The molecule has 138 valence electrons. The number of amides is 1. The SMILES string of the molecule is CC(=O)N(c1nc(CN2CCN(c3ccccc3)C[C@H]2C)cs1)C1CC1. The van der Waals surface area contributed by atoms with Crippen LogP contribution in [-0.2, 0) is 11.3 Å². The number of benzene rings is 1. The Morgan fingerprint density at radius 3 is 2.69 bits per heavy atom. The number of carbonyl (C=O) groups excluding carboxylic acids is 1. The van der Waals surface area contributed by atoms with E-state index in [9.17, 15) is 4.79 Å². The molecule has 1 saturated carbocycles. The Hall–Kier alpha value is -1.92. The fourth-order valence-corrected chi connectivity index (χ4v) is 4.60. The van der Waals surface area contributed by atoms with E-state index >= 15 is 0 Å². The lowest BCUT2D eigenvalue weighted by Crippen LogP contribution is -2.51. The fourth-order valence-electron chi connectivity index (χ4n) is 3.67. The highest BCUT2D eigenvalue weighted by atomic mass is 32.1. The molecule has 5 nitrogen and oxygen atoms in total. The van der Waals surface area contributed by atoms with Gasteiger partial charge in [-0.3, -0.25) is 14.6 Å². The third kappa shape index (κ3) is 3.76. The topological polar surface area (TPSA) is 39.7 Å². The van der Waals surface area contributed by atoms with E-state index in [2.05, 4.69) is 52.4 Å². The van der Waals surface area contributed by atoms with E-state index in [0.717, 1.165) is 49.8 Å². The first-order chi connectivity index (χ1) is 12.6. The van der Waals surface area contributed by atoms with Crippen molar-refractivity contribution in [1.82, 2.24) is 9.88 Å². The number of nitrogens with zero attached hydrogens (tertiary/aromatic N) is 4. The minimum Gasteiger partial charge on any atom is -0.369 e. The summed E-state index contributed by atoms with van der Waals surface area (Å²) in [7, 11) is 0. The van der Waals surface area contributed by atoms with Crippen LogP contribution in [0.4, 0.5) is 10.8 Å². The zero-order valence-corrected chi connectivity index (χ0v) is 16.3. The predicted molar refractivity (Wildman–Crippen MR) is 107 cm³/mol. The molecular formula is C20H26N4OS. The fraction of sp³-hybridized carbons (Fsp3) is 0.500. The van der Waals surface area contributed by atoms with Crippen LogP contribution in [0.15, 0.2) is 35.7 Å². The van der Waals surface area contributed by atoms with Crippen LogP contribution in [0.3, 0.4) is 0 Å². The third-order valence-corrected chi connectivity index (χ3v) is 6.14. The van der Waals surface area contributed by atoms with Crippen molar-refractivity contribution in [1.29, 1.82) is 0 Å². The number of hydrogen-bond acceptors (Lipinski definition) is 5. The first-order valence-corrected chi connectivity index (χ1v) is 10.3. The predicted octanol–water partition coefficient (Wildman–Crippen LogP) is 3.37. The first kappa shape index (κ1) is 17.5.